The van der Waals surface area contributed by atoms with E-state index in [-0.39, 0.29) is 0 Å². The Morgan fingerprint density at radius 1 is 1.24 bits per heavy atom. The van der Waals surface area contributed by atoms with Crippen LogP contribution >= 0.6 is 15.9 Å². The van der Waals surface area contributed by atoms with Crippen LogP contribution in [0.2, 0.25) is 0 Å². The molecule has 2 aromatic heterocycles. The lowest BCUT2D eigenvalue weighted by molar-refractivity contribution is 0.173. The van der Waals surface area contributed by atoms with E-state index in [0.717, 1.165) is 15.7 Å². The predicted molar refractivity (Wildman–Crippen MR) is 67.4 cm³/mol. The van der Waals surface area contributed by atoms with Crippen molar-refractivity contribution in [2.75, 3.05) is 0 Å². The second-order valence-corrected chi connectivity index (χ2v) is 4.73. The molecule has 0 saturated heterocycles. The van der Waals surface area contributed by atoms with Gasteiger partial charge >= 0.3 is 0 Å². The molecule has 1 atom stereocenters. The summed E-state index contributed by atoms with van der Waals surface area (Å²) in [5, 5.41) is 10.0. The molecule has 88 valence electrons. The molecule has 1 N–H and O–H groups in total. The van der Waals surface area contributed by atoms with Gasteiger partial charge in [-0.1, -0.05) is 0 Å². The van der Waals surface area contributed by atoms with Crippen molar-refractivity contribution in [1.82, 2.24) is 15.0 Å². The third-order valence-electron chi connectivity index (χ3n) is 2.33. The van der Waals surface area contributed by atoms with Gasteiger partial charge in [0.2, 0.25) is 0 Å². The van der Waals surface area contributed by atoms with Crippen molar-refractivity contribution >= 4 is 15.9 Å². The number of rotatable bonds is 3. The van der Waals surface area contributed by atoms with Gasteiger partial charge in [-0.2, -0.15) is 0 Å². The van der Waals surface area contributed by atoms with Crippen LogP contribution in [-0.2, 0) is 6.42 Å². The normalized spacial score (nSPS) is 12.4. The van der Waals surface area contributed by atoms with Crippen LogP contribution in [0.5, 0.6) is 0 Å². The van der Waals surface area contributed by atoms with Crippen LogP contribution < -0.4 is 0 Å². The lowest BCUT2D eigenvalue weighted by atomic mass is 10.1. The van der Waals surface area contributed by atoms with Crippen molar-refractivity contribution in [2.45, 2.75) is 19.4 Å². The second-order valence-electron chi connectivity index (χ2n) is 3.81. The first kappa shape index (κ1) is 12.1. The summed E-state index contributed by atoms with van der Waals surface area (Å²) in [6, 6.07) is 1.93. The van der Waals surface area contributed by atoms with Crippen molar-refractivity contribution in [1.29, 1.82) is 0 Å². The number of aromatic nitrogens is 3. The molecule has 2 aromatic rings. The van der Waals surface area contributed by atoms with Crippen molar-refractivity contribution in [3.63, 3.8) is 0 Å². The number of aryl methyl sites for hydroxylation is 1. The van der Waals surface area contributed by atoms with Gasteiger partial charge in [-0.15, -0.1) is 0 Å². The Balaban J connectivity index is 2.11. The van der Waals surface area contributed by atoms with Crippen molar-refractivity contribution in [3.05, 3.63) is 52.3 Å². The molecular weight excluding hydrogens is 282 g/mol. The van der Waals surface area contributed by atoms with Gasteiger partial charge in [-0.25, -0.2) is 0 Å². The number of hydrogen-bond acceptors (Lipinski definition) is 4. The number of hydrogen-bond donors (Lipinski definition) is 1. The average Bonchev–Trinajstić information content (AvgIpc) is 2.29. The Hall–Kier alpha value is -1.33. The highest BCUT2D eigenvalue weighted by atomic mass is 79.9. The van der Waals surface area contributed by atoms with E-state index in [1.165, 1.54) is 0 Å². The van der Waals surface area contributed by atoms with E-state index in [1.807, 2.05) is 13.0 Å². The molecule has 0 aliphatic rings. The van der Waals surface area contributed by atoms with E-state index in [0.29, 0.717) is 12.1 Å². The quantitative estimate of drug-likeness (QED) is 0.943. The zero-order valence-corrected chi connectivity index (χ0v) is 10.9. The number of pyridine rings is 1. The van der Waals surface area contributed by atoms with Crippen LogP contribution in [0, 0.1) is 6.92 Å². The van der Waals surface area contributed by atoms with Gasteiger partial charge in [0.25, 0.3) is 0 Å². The molecule has 0 aliphatic heterocycles. The van der Waals surface area contributed by atoms with Gasteiger partial charge in [-0.05, 0) is 34.5 Å². The fourth-order valence-electron chi connectivity index (χ4n) is 1.47. The molecule has 0 aliphatic carbocycles. The monoisotopic (exact) mass is 293 g/mol. The van der Waals surface area contributed by atoms with E-state index in [2.05, 4.69) is 30.9 Å². The molecule has 0 fully saturated rings. The van der Waals surface area contributed by atoms with Crippen LogP contribution in [0.15, 0.2) is 35.3 Å². The molecule has 1 unspecified atom stereocenters. The van der Waals surface area contributed by atoms with E-state index in [1.54, 1.807) is 24.8 Å². The smallest absolute Gasteiger partial charge is 0.102 e. The summed E-state index contributed by atoms with van der Waals surface area (Å²) in [7, 11) is 0. The molecule has 0 amide bonds. The Labute approximate surface area is 108 Å². The van der Waals surface area contributed by atoms with Gasteiger partial charge in [-0.3, -0.25) is 15.0 Å². The van der Waals surface area contributed by atoms with Crippen LogP contribution in [0.1, 0.15) is 23.1 Å². The highest BCUT2D eigenvalue weighted by Crippen LogP contribution is 2.17. The van der Waals surface area contributed by atoms with Crippen LogP contribution in [-0.4, -0.2) is 20.1 Å². The minimum Gasteiger partial charge on any atom is -0.386 e. The molecule has 0 bridgehead atoms. The summed E-state index contributed by atoms with van der Waals surface area (Å²) in [6.45, 7) is 1.86. The summed E-state index contributed by atoms with van der Waals surface area (Å²) in [5.74, 6) is 0. The van der Waals surface area contributed by atoms with Crippen molar-refractivity contribution in [2.24, 2.45) is 0 Å². The van der Waals surface area contributed by atoms with E-state index in [9.17, 15) is 5.11 Å². The topological polar surface area (TPSA) is 58.9 Å². The van der Waals surface area contributed by atoms with Gasteiger partial charge in [0.1, 0.15) is 6.10 Å². The molecule has 0 radical (unpaired) electrons. The number of aliphatic hydroxyl groups excluding tert-OH is 1. The maximum absolute atomic E-state index is 10.0. The highest BCUT2D eigenvalue weighted by Gasteiger charge is 2.10. The van der Waals surface area contributed by atoms with Gasteiger partial charge in [0, 0.05) is 29.5 Å². The molecule has 5 heteroatoms. The largest absolute Gasteiger partial charge is 0.386 e. The number of nitrogens with zero attached hydrogens (tertiary/aromatic N) is 3. The fraction of sp³-hybridized carbons (Fsp3) is 0.250. The second kappa shape index (κ2) is 5.33. The molecule has 2 rings (SSSR count). The molecule has 0 saturated carbocycles. The van der Waals surface area contributed by atoms with Crippen LogP contribution in [0.25, 0.3) is 0 Å². The fourth-order valence-corrected chi connectivity index (χ4v) is 1.88. The highest BCUT2D eigenvalue weighted by molar-refractivity contribution is 9.10. The third-order valence-corrected chi connectivity index (χ3v) is 2.77. The van der Waals surface area contributed by atoms with E-state index < -0.39 is 6.10 Å². The van der Waals surface area contributed by atoms with E-state index >= 15 is 0 Å². The Bertz CT molecular complexity index is 501. The third kappa shape index (κ3) is 3.31. The van der Waals surface area contributed by atoms with Crippen LogP contribution in [0.4, 0.5) is 0 Å². The average molecular weight is 294 g/mol. The lowest BCUT2D eigenvalue weighted by Crippen LogP contribution is -2.05. The summed E-state index contributed by atoms with van der Waals surface area (Å²) >= 11 is 3.35. The molecule has 0 spiro atoms. The maximum Gasteiger partial charge on any atom is 0.102 e. The molecule has 0 aromatic carbocycles. The first-order chi connectivity index (χ1) is 8.15. The van der Waals surface area contributed by atoms with E-state index in [4.69, 9.17) is 0 Å². The standard InChI is InChI=1S/C12H12BrN3O/c1-8-4-16-11(7-15-8)12(17)3-9-2-10(13)6-14-5-9/h2,4-7,12,17H,3H2,1H3. The van der Waals surface area contributed by atoms with Crippen molar-refractivity contribution in [3.8, 4) is 0 Å². The molecule has 4 nitrogen and oxygen atoms in total. The molecule has 17 heavy (non-hydrogen) atoms. The zero-order chi connectivity index (χ0) is 12.3. The summed E-state index contributed by atoms with van der Waals surface area (Å²) in [6.07, 6.45) is 6.52. The zero-order valence-electron chi connectivity index (χ0n) is 9.34. The minimum absolute atomic E-state index is 0.476. The number of aliphatic hydroxyl groups is 1. The Morgan fingerprint density at radius 2 is 2.06 bits per heavy atom. The van der Waals surface area contributed by atoms with Gasteiger partial charge < -0.3 is 5.11 Å². The lowest BCUT2D eigenvalue weighted by Gasteiger charge is -2.09. The SMILES string of the molecule is Cc1cnc(C(O)Cc2cncc(Br)c2)cn1. The maximum atomic E-state index is 10.0. The molecule has 2 heterocycles. The van der Waals surface area contributed by atoms with Crippen LogP contribution in [0.3, 0.4) is 0 Å². The first-order valence-electron chi connectivity index (χ1n) is 5.21. The predicted octanol–water partition coefficient (Wildman–Crippen LogP) is 2.22. The Kier molecular flexibility index (Phi) is 3.81. The summed E-state index contributed by atoms with van der Waals surface area (Å²) in [4.78, 5) is 12.3. The minimum atomic E-state index is -0.654. The Morgan fingerprint density at radius 3 is 2.71 bits per heavy atom. The van der Waals surface area contributed by atoms with Gasteiger partial charge in [0.15, 0.2) is 0 Å². The molecular formula is C12H12BrN3O. The summed E-state index contributed by atoms with van der Waals surface area (Å²) < 4.78 is 0.900. The first-order valence-corrected chi connectivity index (χ1v) is 6.00. The summed E-state index contributed by atoms with van der Waals surface area (Å²) in [5.41, 5.74) is 2.37. The van der Waals surface area contributed by atoms with Gasteiger partial charge in [0.05, 0.1) is 17.6 Å². The number of halogens is 1. The van der Waals surface area contributed by atoms with Crippen molar-refractivity contribution < 1.29 is 5.11 Å².